The summed E-state index contributed by atoms with van der Waals surface area (Å²) >= 11 is 0. The molecule has 1 unspecified atom stereocenters. The van der Waals surface area contributed by atoms with Gasteiger partial charge in [0, 0.05) is 18.0 Å². The van der Waals surface area contributed by atoms with Gasteiger partial charge in [0.25, 0.3) is 0 Å². The Labute approximate surface area is 120 Å². The predicted molar refractivity (Wildman–Crippen MR) is 78.7 cm³/mol. The van der Waals surface area contributed by atoms with Crippen LogP contribution in [0.3, 0.4) is 0 Å². The predicted octanol–water partition coefficient (Wildman–Crippen LogP) is 3.49. The molecule has 0 aliphatic heterocycles. The van der Waals surface area contributed by atoms with Gasteiger partial charge in [0.1, 0.15) is 11.5 Å². The van der Waals surface area contributed by atoms with Crippen molar-refractivity contribution < 1.29 is 9.15 Å². The van der Waals surface area contributed by atoms with Gasteiger partial charge in [-0.15, -0.1) is 0 Å². The molecule has 1 aromatic heterocycles. The van der Waals surface area contributed by atoms with Gasteiger partial charge in [-0.2, -0.15) is 0 Å². The maximum absolute atomic E-state index is 5.65. The first-order valence-electron chi connectivity index (χ1n) is 7.13. The van der Waals surface area contributed by atoms with Crippen molar-refractivity contribution in [3.63, 3.8) is 0 Å². The summed E-state index contributed by atoms with van der Waals surface area (Å²) in [5.74, 6) is 2.57. The highest BCUT2D eigenvalue weighted by Gasteiger charge is 2.12. The molecule has 2 aromatic rings. The number of benzene rings is 1. The van der Waals surface area contributed by atoms with E-state index < -0.39 is 0 Å². The van der Waals surface area contributed by atoms with Crippen LogP contribution in [0.15, 0.2) is 34.9 Å². The summed E-state index contributed by atoms with van der Waals surface area (Å²) in [6.45, 7) is 7.44. The smallest absolute Gasteiger partial charge is 0.208 e. The third kappa shape index (κ3) is 3.61. The number of oxazole rings is 1. The second-order valence-electron chi connectivity index (χ2n) is 4.65. The zero-order valence-electron chi connectivity index (χ0n) is 12.3. The minimum Gasteiger partial charge on any atom is -0.494 e. The van der Waals surface area contributed by atoms with Gasteiger partial charge in [-0.05, 0) is 19.9 Å². The molecule has 20 heavy (non-hydrogen) atoms. The van der Waals surface area contributed by atoms with Gasteiger partial charge in [0.05, 0.1) is 19.3 Å². The van der Waals surface area contributed by atoms with Gasteiger partial charge in [-0.3, -0.25) is 0 Å². The molecule has 0 spiro atoms. The van der Waals surface area contributed by atoms with E-state index in [-0.39, 0.29) is 6.04 Å². The summed E-state index contributed by atoms with van der Waals surface area (Å²) in [6.07, 6.45) is 2.66. The second-order valence-corrected chi connectivity index (χ2v) is 4.65. The molecule has 0 saturated heterocycles. The van der Waals surface area contributed by atoms with E-state index in [0.29, 0.717) is 13.2 Å². The first kappa shape index (κ1) is 14.6. The molecule has 1 heterocycles. The van der Waals surface area contributed by atoms with E-state index in [1.54, 1.807) is 6.20 Å². The summed E-state index contributed by atoms with van der Waals surface area (Å²) in [6, 6.07) is 8.27. The Hall–Kier alpha value is -1.81. The van der Waals surface area contributed by atoms with Crippen molar-refractivity contribution in [3.05, 3.63) is 47.7 Å². The molecule has 4 heteroatoms. The third-order valence-corrected chi connectivity index (χ3v) is 3.19. The summed E-state index contributed by atoms with van der Waals surface area (Å²) in [5.41, 5.74) is 1.15. The fourth-order valence-corrected chi connectivity index (χ4v) is 2.07. The Morgan fingerprint density at radius 1 is 1.30 bits per heavy atom. The molecular formula is C16H22N2O2. The molecule has 0 amide bonds. The van der Waals surface area contributed by atoms with E-state index in [1.165, 1.54) is 0 Å². The summed E-state index contributed by atoms with van der Waals surface area (Å²) in [7, 11) is 0. The van der Waals surface area contributed by atoms with Crippen LogP contribution in [0.5, 0.6) is 5.75 Å². The van der Waals surface area contributed by atoms with Crippen molar-refractivity contribution in [1.29, 1.82) is 0 Å². The van der Waals surface area contributed by atoms with Crippen molar-refractivity contribution >= 4 is 0 Å². The lowest BCUT2D eigenvalue weighted by Crippen LogP contribution is -2.19. The number of rotatable bonds is 7. The first-order valence-corrected chi connectivity index (χ1v) is 7.13. The molecule has 0 aliphatic carbocycles. The highest BCUT2D eigenvalue weighted by Crippen LogP contribution is 2.25. The first-order chi connectivity index (χ1) is 9.74. The molecule has 0 radical (unpaired) electrons. The van der Waals surface area contributed by atoms with Crippen molar-refractivity contribution in [3.8, 4) is 5.75 Å². The normalized spacial score (nSPS) is 12.3. The molecule has 4 nitrogen and oxygen atoms in total. The average molecular weight is 274 g/mol. The topological polar surface area (TPSA) is 47.3 Å². The molecule has 2 rings (SSSR count). The molecule has 1 atom stereocenters. The van der Waals surface area contributed by atoms with Crippen LogP contribution in [0.1, 0.15) is 44.0 Å². The van der Waals surface area contributed by atoms with Crippen molar-refractivity contribution in [2.45, 2.75) is 39.8 Å². The van der Waals surface area contributed by atoms with Crippen molar-refractivity contribution in [2.75, 3.05) is 6.61 Å². The minimum absolute atomic E-state index is 0.176. The quantitative estimate of drug-likeness (QED) is 0.839. The Morgan fingerprint density at radius 3 is 2.80 bits per heavy atom. The highest BCUT2D eigenvalue weighted by atomic mass is 16.5. The van der Waals surface area contributed by atoms with Crippen LogP contribution in [0.4, 0.5) is 0 Å². The molecule has 1 N–H and O–H groups in total. The van der Waals surface area contributed by atoms with E-state index in [4.69, 9.17) is 9.15 Å². The Bertz CT molecular complexity index is 537. The van der Waals surface area contributed by atoms with Crippen LogP contribution in [0.2, 0.25) is 0 Å². The van der Waals surface area contributed by atoms with Crippen LogP contribution < -0.4 is 10.1 Å². The zero-order valence-corrected chi connectivity index (χ0v) is 12.3. The van der Waals surface area contributed by atoms with Crippen LogP contribution in [0.25, 0.3) is 0 Å². The zero-order chi connectivity index (χ0) is 14.4. The fourth-order valence-electron chi connectivity index (χ4n) is 2.07. The molecule has 0 fully saturated rings. The van der Waals surface area contributed by atoms with Crippen molar-refractivity contribution in [1.82, 2.24) is 10.3 Å². The minimum atomic E-state index is 0.176. The standard InChI is InChI=1S/C16H22N2O2/c1-4-13-10-18-16(20-13)11-17-12(3)14-8-6-7-9-15(14)19-5-2/h6-10,12,17H,4-5,11H2,1-3H3. The van der Waals surface area contributed by atoms with E-state index in [1.807, 2.05) is 25.1 Å². The van der Waals surface area contributed by atoms with E-state index in [2.05, 4.69) is 30.2 Å². The largest absolute Gasteiger partial charge is 0.494 e. The van der Waals surface area contributed by atoms with E-state index in [0.717, 1.165) is 29.4 Å². The number of nitrogens with zero attached hydrogens (tertiary/aromatic N) is 1. The van der Waals surface area contributed by atoms with Gasteiger partial charge in [0.2, 0.25) is 5.89 Å². The number of hydrogen-bond donors (Lipinski definition) is 1. The van der Waals surface area contributed by atoms with Gasteiger partial charge in [0.15, 0.2) is 0 Å². The molecule has 0 bridgehead atoms. The van der Waals surface area contributed by atoms with Crippen LogP contribution >= 0.6 is 0 Å². The second kappa shape index (κ2) is 7.10. The van der Waals surface area contributed by atoms with Crippen LogP contribution in [-0.2, 0) is 13.0 Å². The number of nitrogens with one attached hydrogen (secondary N) is 1. The van der Waals surface area contributed by atoms with Crippen molar-refractivity contribution in [2.24, 2.45) is 0 Å². The average Bonchev–Trinajstić information content (AvgIpc) is 2.94. The number of aryl methyl sites for hydroxylation is 1. The highest BCUT2D eigenvalue weighted by molar-refractivity contribution is 5.35. The van der Waals surface area contributed by atoms with Gasteiger partial charge < -0.3 is 14.5 Å². The number of para-hydroxylation sites is 1. The van der Waals surface area contributed by atoms with Crippen LogP contribution in [0, 0.1) is 0 Å². The Balaban J connectivity index is 1.99. The number of aromatic nitrogens is 1. The number of ether oxygens (including phenoxy) is 1. The summed E-state index contributed by atoms with van der Waals surface area (Å²) in [5, 5.41) is 3.42. The van der Waals surface area contributed by atoms with Gasteiger partial charge in [-0.25, -0.2) is 4.98 Å². The fraction of sp³-hybridized carbons (Fsp3) is 0.438. The lowest BCUT2D eigenvalue weighted by atomic mass is 10.1. The SMILES string of the molecule is CCOc1ccccc1C(C)NCc1ncc(CC)o1. The monoisotopic (exact) mass is 274 g/mol. The van der Waals surface area contributed by atoms with Gasteiger partial charge in [-0.1, -0.05) is 25.1 Å². The van der Waals surface area contributed by atoms with E-state index >= 15 is 0 Å². The molecule has 0 aliphatic rings. The van der Waals surface area contributed by atoms with Gasteiger partial charge >= 0.3 is 0 Å². The molecule has 1 aromatic carbocycles. The van der Waals surface area contributed by atoms with E-state index in [9.17, 15) is 0 Å². The Morgan fingerprint density at radius 2 is 2.10 bits per heavy atom. The summed E-state index contributed by atoms with van der Waals surface area (Å²) < 4.78 is 11.2. The number of hydrogen-bond acceptors (Lipinski definition) is 4. The maximum Gasteiger partial charge on any atom is 0.208 e. The Kier molecular flexibility index (Phi) is 5.18. The maximum atomic E-state index is 5.65. The molecular weight excluding hydrogens is 252 g/mol. The molecule has 108 valence electrons. The summed E-state index contributed by atoms with van der Waals surface area (Å²) in [4.78, 5) is 4.25. The molecule has 0 saturated carbocycles. The lowest BCUT2D eigenvalue weighted by molar-refractivity contribution is 0.331. The lowest BCUT2D eigenvalue weighted by Gasteiger charge is -2.17. The van der Waals surface area contributed by atoms with Crippen LogP contribution in [-0.4, -0.2) is 11.6 Å². The third-order valence-electron chi connectivity index (χ3n) is 3.19.